The third-order valence-corrected chi connectivity index (χ3v) is 3.31. The number of rotatable bonds is 6. The Labute approximate surface area is 117 Å². The average molecular weight is 265 g/mol. The predicted molar refractivity (Wildman–Crippen MR) is 79.9 cm³/mol. The monoisotopic (exact) mass is 265 g/mol. The molecule has 0 spiro atoms. The zero-order chi connectivity index (χ0) is 13.5. The lowest BCUT2D eigenvalue weighted by molar-refractivity contribution is -0.126. The molecule has 3 nitrogen and oxygen atoms in total. The van der Waals surface area contributed by atoms with Crippen molar-refractivity contribution < 1.29 is 9.90 Å². The fraction of sp³-hybridized carbons (Fsp3) is 0.562. The summed E-state index contributed by atoms with van der Waals surface area (Å²) in [6, 6.07) is 9.67. The van der Waals surface area contributed by atoms with Crippen molar-refractivity contribution in [3.63, 3.8) is 0 Å². The normalized spacial score (nSPS) is 13.5. The Kier molecular flexibility index (Phi) is 8.08. The van der Waals surface area contributed by atoms with Gasteiger partial charge in [-0.25, -0.2) is 0 Å². The third kappa shape index (κ3) is 5.88. The summed E-state index contributed by atoms with van der Waals surface area (Å²) in [7, 11) is 0. The van der Waals surface area contributed by atoms with Crippen LogP contribution in [0.3, 0.4) is 0 Å². The molecule has 0 aromatic heterocycles. The highest BCUT2D eigenvalue weighted by molar-refractivity contribution is 5.78. The van der Waals surface area contributed by atoms with E-state index in [1.54, 1.807) is 0 Å². The maximum absolute atomic E-state index is 11.9. The Balaban J connectivity index is 0.00000324. The zero-order valence-corrected chi connectivity index (χ0v) is 11.4. The van der Waals surface area contributed by atoms with Gasteiger partial charge >= 0.3 is 0 Å². The van der Waals surface area contributed by atoms with Crippen molar-refractivity contribution in [2.24, 2.45) is 11.8 Å². The van der Waals surface area contributed by atoms with Gasteiger partial charge in [-0.3, -0.25) is 4.79 Å². The van der Waals surface area contributed by atoms with Gasteiger partial charge in [0.25, 0.3) is 0 Å². The van der Waals surface area contributed by atoms with E-state index in [1.807, 2.05) is 51.1 Å². The second-order valence-electron chi connectivity index (χ2n) is 5.11. The first kappa shape index (κ1) is 17.6. The summed E-state index contributed by atoms with van der Waals surface area (Å²) in [5.74, 6) is 0.288. The minimum atomic E-state index is -0.207. The summed E-state index contributed by atoms with van der Waals surface area (Å²) in [6.07, 6.45) is 0.661. The largest absolute Gasteiger partial charge is 0.394 e. The first-order chi connectivity index (χ1) is 8.54. The van der Waals surface area contributed by atoms with Gasteiger partial charge in [0.15, 0.2) is 0 Å². The maximum atomic E-state index is 11.9. The summed E-state index contributed by atoms with van der Waals surface area (Å²) in [5.41, 5.74) is 1.12. The topological polar surface area (TPSA) is 49.3 Å². The van der Waals surface area contributed by atoms with Crippen LogP contribution in [0.5, 0.6) is 0 Å². The Morgan fingerprint density at radius 3 is 2.26 bits per heavy atom. The SMILES string of the molecule is C.CC(C)C(C)C(=O)N[C@@H](CO)Cc1ccccc1. The number of aliphatic hydroxyl groups is 1. The van der Waals surface area contributed by atoms with E-state index in [9.17, 15) is 9.90 Å². The van der Waals surface area contributed by atoms with Gasteiger partial charge in [-0.05, 0) is 17.9 Å². The van der Waals surface area contributed by atoms with Crippen LogP contribution in [0.2, 0.25) is 0 Å². The van der Waals surface area contributed by atoms with Crippen LogP contribution >= 0.6 is 0 Å². The molecule has 1 amide bonds. The molecular formula is C16H27NO2. The van der Waals surface area contributed by atoms with Crippen LogP contribution < -0.4 is 5.32 Å². The van der Waals surface area contributed by atoms with Gasteiger partial charge in [-0.1, -0.05) is 58.5 Å². The van der Waals surface area contributed by atoms with Crippen molar-refractivity contribution in [1.29, 1.82) is 0 Å². The summed E-state index contributed by atoms with van der Waals surface area (Å²) in [5, 5.41) is 12.2. The molecule has 1 aromatic carbocycles. The van der Waals surface area contributed by atoms with Crippen LogP contribution in [-0.4, -0.2) is 23.7 Å². The molecular weight excluding hydrogens is 238 g/mol. The van der Waals surface area contributed by atoms with Crippen molar-refractivity contribution in [3.05, 3.63) is 35.9 Å². The van der Waals surface area contributed by atoms with E-state index in [0.29, 0.717) is 12.3 Å². The molecule has 3 heteroatoms. The first-order valence-corrected chi connectivity index (χ1v) is 6.49. The summed E-state index contributed by atoms with van der Waals surface area (Å²) in [4.78, 5) is 11.9. The first-order valence-electron chi connectivity index (χ1n) is 6.49. The maximum Gasteiger partial charge on any atom is 0.223 e. The molecule has 0 aliphatic heterocycles. The summed E-state index contributed by atoms with van der Waals surface area (Å²) < 4.78 is 0. The van der Waals surface area contributed by atoms with E-state index in [-0.39, 0.29) is 31.9 Å². The second-order valence-corrected chi connectivity index (χ2v) is 5.11. The van der Waals surface area contributed by atoms with Gasteiger partial charge in [0.2, 0.25) is 5.91 Å². The average Bonchev–Trinajstić information content (AvgIpc) is 2.37. The van der Waals surface area contributed by atoms with Crippen LogP contribution in [0.1, 0.15) is 33.8 Å². The molecule has 0 heterocycles. The van der Waals surface area contributed by atoms with Gasteiger partial charge in [-0.15, -0.1) is 0 Å². The lowest BCUT2D eigenvalue weighted by Gasteiger charge is -2.21. The van der Waals surface area contributed by atoms with E-state index in [2.05, 4.69) is 5.32 Å². The van der Waals surface area contributed by atoms with Crippen molar-refractivity contribution in [3.8, 4) is 0 Å². The highest BCUT2D eigenvalue weighted by Crippen LogP contribution is 2.10. The molecule has 0 aliphatic rings. The highest BCUT2D eigenvalue weighted by atomic mass is 16.3. The number of hydrogen-bond acceptors (Lipinski definition) is 2. The lowest BCUT2D eigenvalue weighted by atomic mass is 9.96. The van der Waals surface area contributed by atoms with E-state index >= 15 is 0 Å². The van der Waals surface area contributed by atoms with Gasteiger partial charge in [0, 0.05) is 5.92 Å². The number of benzene rings is 1. The van der Waals surface area contributed by atoms with Gasteiger partial charge < -0.3 is 10.4 Å². The van der Waals surface area contributed by atoms with Gasteiger partial charge in [0.1, 0.15) is 0 Å². The molecule has 1 aromatic rings. The van der Waals surface area contributed by atoms with Crippen LogP contribution in [0.25, 0.3) is 0 Å². The molecule has 108 valence electrons. The number of amides is 1. The highest BCUT2D eigenvalue weighted by Gasteiger charge is 2.19. The molecule has 0 saturated carbocycles. The number of carbonyl (C=O) groups excluding carboxylic acids is 1. The quantitative estimate of drug-likeness (QED) is 0.830. The minimum Gasteiger partial charge on any atom is -0.394 e. The van der Waals surface area contributed by atoms with Crippen molar-refractivity contribution in [2.45, 2.75) is 40.7 Å². The van der Waals surface area contributed by atoms with Gasteiger partial charge in [-0.2, -0.15) is 0 Å². The molecule has 0 aliphatic carbocycles. The molecule has 2 N–H and O–H groups in total. The van der Waals surface area contributed by atoms with Crippen LogP contribution in [0.4, 0.5) is 0 Å². The number of nitrogens with one attached hydrogen (secondary N) is 1. The molecule has 0 saturated heterocycles. The standard InChI is InChI=1S/C15H23NO2.CH4/c1-11(2)12(3)15(18)16-14(10-17)9-13-7-5-4-6-8-13;/h4-8,11-12,14,17H,9-10H2,1-3H3,(H,16,18);1H4/t12?,14-;/m1./s1. The number of carbonyl (C=O) groups is 1. The minimum absolute atomic E-state index is 0. The van der Waals surface area contributed by atoms with E-state index in [1.165, 1.54) is 0 Å². The smallest absolute Gasteiger partial charge is 0.223 e. The molecule has 0 radical (unpaired) electrons. The molecule has 1 rings (SSSR count). The van der Waals surface area contributed by atoms with E-state index in [0.717, 1.165) is 5.56 Å². The van der Waals surface area contributed by atoms with Crippen molar-refractivity contribution in [1.82, 2.24) is 5.32 Å². The van der Waals surface area contributed by atoms with Gasteiger partial charge in [0.05, 0.1) is 12.6 Å². The Morgan fingerprint density at radius 2 is 1.79 bits per heavy atom. The number of aliphatic hydroxyl groups excluding tert-OH is 1. The lowest BCUT2D eigenvalue weighted by Crippen LogP contribution is -2.42. The molecule has 2 atom stereocenters. The summed E-state index contributed by atoms with van der Waals surface area (Å²) >= 11 is 0. The second kappa shape index (κ2) is 8.70. The summed E-state index contributed by atoms with van der Waals surface area (Å²) in [6.45, 7) is 5.92. The Bertz CT molecular complexity index is 362. The molecule has 0 fully saturated rings. The molecule has 0 bridgehead atoms. The Morgan fingerprint density at radius 1 is 1.21 bits per heavy atom. The van der Waals surface area contributed by atoms with Crippen LogP contribution in [0, 0.1) is 11.8 Å². The van der Waals surface area contributed by atoms with Crippen molar-refractivity contribution in [2.75, 3.05) is 6.61 Å². The number of hydrogen-bond donors (Lipinski definition) is 2. The fourth-order valence-corrected chi connectivity index (χ4v) is 1.70. The van der Waals surface area contributed by atoms with Crippen LogP contribution in [0.15, 0.2) is 30.3 Å². The molecule has 19 heavy (non-hydrogen) atoms. The predicted octanol–water partition coefficient (Wildman–Crippen LogP) is 2.63. The molecule has 1 unspecified atom stereocenters. The van der Waals surface area contributed by atoms with E-state index in [4.69, 9.17) is 0 Å². The fourth-order valence-electron chi connectivity index (χ4n) is 1.70. The zero-order valence-electron chi connectivity index (χ0n) is 11.4. The van der Waals surface area contributed by atoms with E-state index < -0.39 is 0 Å². The van der Waals surface area contributed by atoms with Crippen LogP contribution in [-0.2, 0) is 11.2 Å². The van der Waals surface area contributed by atoms with Crippen molar-refractivity contribution >= 4 is 5.91 Å². The third-order valence-electron chi connectivity index (χ3n) is 3.31. The Hall–Kier alpha value is -1.35.